The van der Waals surface area contributed by atoms with Crippen molar-refractivity contribution >= 4 is 0 Å². The number of rotatable bonds is 4. The molecular weight excluding hydrogens is 234 g/mol. The Labute approximate surface area is 114 Å². The van der Waals surface area contributed by atoms with Gasteiger partial charge in [-0.2, -0.15) is 5.10 Å². The van der Waals surface area contributed by atoms with Gasteiger partial charge in [0.1, 0.15) is 0 Å². The zero-order valence-corrected chi connectivity index (χ0v) is 11.4. The first kappa shape index (κ1) is 12.4. The topological polar surface area (TPSA) is 43.8 Å². The van der Waals surface area contributed by atoms with Gasteiger partial charge in [-0.05, 0) is 42.4 Å². The van der Waals surface area contributed by atoms with Crippen LogP contribution in [0.1, 0.15) is 36.2 Å². The standard InChI is InChI=1S/C16H21N3/c1-2-9-19-15(7-8-18-19)16(17)14-10-12-5-3-4-6-13(12)11-14/h3-8,14,16H,2,9-11,17H2,1H3. The molecule has 2 N–H and O–H groups in total. The maximum atomic E-state index is 6.49. The third-order valence-corrected chi connectivity index (χ3v) is 4.12. The molecular formula is C16H21N3. The predicted octanol–water partition coefficient (Wildman–Crippen LogP) is 2.71. The Morgan fingerprint density at radius 2 is 1.95 bits per heavy atom. The van der Waals surface area contributed by atoms with Crippen LogP contribution in [-0.2, 0) is 19.4 Å². The third-order valence-electron chi connectivity index (χ3n) is 4.12. The van der Waals surface area contributed by atoms with E-state index in [-0.39, 0.29) is 6.04 Å². The summed E-state index contributed by atoms with van der Waals surface area (Å²) in [7, 11) is 0. The molecule has 1 heterocycles. The molecule has 1 aromatic carbocycles. The fourth-order valence-corrected chi connectivity index (χ4v) is 3.11. The van der Waals surface area contributed by atoms with Crippen molar-refractivity contribution in [3.05, 3.63) is 53.3 Å². The van der Waals surface area contributed by atoms with Crippen molar-refractivity contribution in [1.29, 1.82) is 0 Å². The number of aromatic nitrogens is 2. The van der Waals surface area contributed by atoms with Crippen LogP contribution in [0.4, 0.5) is 0 Å². The highest BCUT2D eigenvalue weighted by atomic mass is 15.3. The number of hydrogen-bond acceptors (Lipinski definition) is 2. The smallest absolute Gasteiger partial charge is 0.0554 e. The number of hydrogen-bond donors (Lipinski definition) is 1. The summed E-state index contributed by atoms with van der Waals surface area (Å²) in [6, 6.07) is 10.9. The number of aryl methyl sites for hydroxylation is 1. The van der Waals surface area contributed by atoms with Crippen LogP contribution in [0.5, 0.6) is 0 Å². The van der Waals surface area contributed by atoms with Gasteiger partial charge in [0.05, 0.1) is 11.7 Å². The van der Waals surface area contributed by atoms with E-state index in [2.05, 4.69) is 47.0 Å². The zero-order valence-electron chi connectivity index (χ0n) is 11.4. The van der Waals surface area contributed by atoms with Crippen molar-refractivity contribution in [2.75, 3.05) is 0 Å². The largest absolute Gasteiger partial charge is 0.322 e. The van der Waals surface area contributed by atoms with E-state index in [0.29, 0.717) is 5.92 Å². The summed E-state index contributed by atoms with van der Waals surface area (Å²) in [6.45, 7) is 3.12. The Morgan fingerprint density at radius 3 is 2.58 bits per heavy atom. The minimum Gasteiger partial charge on any atom is -0.322 e. The van der Waals surface area contributed by atoms with Crippen molar-refractivity contribution in [2.45, 2.75) is 38.8 Å². The van der Waals surface area contributed by atoms with Gasteiger partial charge in [-0.25, -0.2) is 0 Å². The molecule has 0 amide bonds. The predicted molar refractivity (Wildman–Crippen MR) is 76.8 cm³/mol. The average molecular weight is 255 g/mol. The van der Waals surface area contributed by atoms with Crippen molar-refractivity contribution in [1.82, 2.24) is 9.78 Å². The SMILES string of the molecule is CCCn1nccc1C(N)C1Cc2ccccc2C1. The molecule has 0 aliphatic heterocycles. The van der Waals surface area contributed by atoms with Gasteiger partial charge < -0.3 is 5.73 Å². The molecule has 2 aromatic rings. The Morgan fingerprint density at radius 1 is 1.26 bits per heavy atom. The van der Waals surface area contributed by atoms with Crippen LogP contribution < -0.4 is 5.73 Å². The Kier molecular flexibility index (Phi) is 3.38. The summed E-state index contributed by atoms with van der Waals surface area (Å²) < 4.78 is 2.06. The van der Waals surface area contributed by atoms with E-state index < -0.39 is 0 Å². The molecule has 0 bridgehead atoms. The second-order valence-electron chi connectivity index (χ2n) is 5.44. The van der Waals surface area contributed by atoms with E-state index in [9.17, 15) is 0 Å². The monoisotopic (exact) mass is 255 g/mol. The first-order valence-electron chi connectivity index (χ1n) is 7.13. The van der Waals surface area contributed by atoms with Gasteiger partial charge in [-0.1, -0.05) is 31.2 Å². The van der Waals surface area contributed by atoms with E-state index in [4.69, 9.17) is 5.73 Å². The highest BCUT2D eigenvalue weighted by molar-refractivity contribution is 5.33. The zero-order chi connectivity index (χ0) is 13.2. The minimum atomic E-state index is 0.0847. The molecule has 19 heavy (non-hydrogen) atoms. The van der Waals surface area contributed by atoms with Crippen LogP contribution in [0.25, 0.3) is 0 Å². The summed E-state index contributed by atoms with van der Waals surface area (Å²) in [5.74, 6) is 0.504. The lowest BCUT2D eigenvalue weighted by Gasteiger charge is -2.20. The van der Waals surface area contributed by atoms with E-state index in [1.54, 1.807) is 0 Å². The molecule has 1 aliphatic rings. The van der Waals surface area contributed by atoms with E-state index >= 15 is 0 Å². The number of fused-ring (bicyclic) bond motifs is 1. The lowest BCUT2D eigenvalue weighted by atomic mass is 9.94. The fourth-order valence-electron chi connectivity index (χ4n) is 3.11. The van der Waals surface area contributed by atoms with Gasteiger partial charge in [0.15, 0.2) is 0 Å². The highest BCUT2D eigenvalue weighted by Crippen LogP contribution is 2.33. The van der Waals surface area contributed by atoms with Crippen LogP contribution in [0.15, 0.2) is 36.5 Å². The minimum absolute atomic E-state index is 0.0847. The van der Waals surface area contributed by atoms with Gasteiger partial charge in [0.2, 0.25) is 0 Å². The molecule has 0 radical (unpaired) electrons. The Balaban J connectivity index is 1.79. The summed E-state index contributed by atoms with van der Waals surface area (Å²) in [5.41, 5.74) is 10.6. The lowest BCUT2D eigenvalue weighted by molar-refractivity contribution is 0.417. The van der Waals surface area contributed by atoms with Gasteiger partial charge >= 0.3 is 0 Å². The van der Waals surface area contributed by atoms with Gasteiger partial charge in [0, 0.05) is 12.7 Å². The molecule has 0 saturated carbocycles. The summed E-state index contributed by atoms with van der Waals surface area (Å²) in [6.07, 6.45) is 5.14. The first-order valence-corrected chi connectivity index (χ1v) is 7.13. The number of nitrogens with zero attached hydrogens (tertiary/aromatic N) is 2. The van der Waals surface area contributed by atoms with Crippen molar-refractivity contribution in [2.24, 2.45) is 11.7 Å². The van der Waals surface area contributed by atoms with Crippen molar-refractivity contribution in [3.63, 3.8) is 0 Å². The Bertz CT molecular complexity index is 534. The van der Waals surface area contributed by atoms with Crippen LogP contribution in [-0.4, -0.2) is 9.78 Å². The van der Waals surface area contributed by atoms with Crippen LogP contribution in [0, 0.1) is 5.92 Å². The van der Waals surface area contributed by atoms with Gasteiger partial charge in [-0.15, -0.1) is 0 Å². The second kappa shape index (κ2) is 5.17. The summed E-state index contributed by atoms with van der Waals surface area (Å²) in [5, 5.41) is 4.38. The molecule has 1 aliphatic carbocycles. The molecule has 3 rings (SSSR count). The van der Waals surface area contributed by atoms with Crippen molar-refractivity contribution < 1.29 is 0 Å². The molecule has 100 valence electrons. The van der Waals surface area contributed by atoms with Gasteiger partial charge in [0.25, 0.3) is 0 Å². The van der Waals surface area contributed by atoms with Crippen LogP contribution in [0.2, 0.25) is 0 Å². The highest BCUT2D eigenvalue weighted by Gasteiger charge is 2.28. The average Bonchev–Trinajstić information content (AvgIpc) is 3.04. The second-order valence-corrected chi connectivity index (χ2v) is 5.44. The lowest BCUT2D eigenvalue weighted by Crippen LogP contribution is -2.25. The normalized spacial score (nSPS) is 16.5. The molecule has 3 heteroatoms. The summed E-state index contributed by atoms with van der Waals surface area (Å²) >= 11 is 0. The van der Waals surface area contributed by atoms with E-state index in [1.807, 2.05) is 6.20 Å². The Hall–Kier alpha value is -1.61. The van der Waals surface area contributed by atoms with Crippen LogP contribution >= 0.6 is 0 Å². The molecule has 1 atom stereocenters. The maximum Gasteiger partial charge on any atom is 0.0554 e. The quantitative estimate of drug-likeness (QED) is 0.913. The van der Waals surface area contributed by atoms with E-state index in [1.165, 1.54) is 16.8 Å². The molecule has 0 saturated heterocycles. The van der Waals surface area contributed by atoms with Crippen molar-refractivity contribution in [3.8, 4) is 0 Å². The molecule has 0 fully saturated rings. The first-order chi connectivity index (χ1) is 9.29. The van der Waals surface area contributed by atoms with Gasteiger partial charge in [-0.3, -0.25) is 4.68 Å². The maximum absolute atomic E-state index is 6.49. The van der Waals surface area contributed by atoms with Crippen LogP contribution in [0.3, 0.4) is 0 Å². The molecule has 3 nitrogen and oxygen atoms in total. The third kappa shape index (κ3) is 2.30. The number of benzene rings is 1. The molecule has 1 unspecified atom stereocenters. The summed E-state index contributed by atoms with van der Waals surface area (Å²) in [4.78, 5) is 0. The fraction of sp³-hybridized carbons (Fsp3) is 0.438. The number of nitrogens with two attached hydrogens (primary N) is 1. The molecule has 1 aromatic heterocycles. The van der Waals surface area contributed by atoms with E-state index in [0.717, 1.165) is 25.8 Å². The molecule has 0 spiro atoms.